The Bertz CT molecular complexity index is 1310. The van der Waals surface area contributed by atoms with Gasteiger partial charge in [-0.05, 0) is 42.4 Å². The number of pyridine rings is 1. The molecule has 0 aliphatic carbocycles. The Hall–Kier alpha value is -3.84. The largest absolute Gasteiger partial charge is 0.481 e. The van der Waals surface area contributed by atoms with E-state index in [4.69, 9.17) is 4.74 Å². The van der Waals surface area contributed by atoms with Crippen molar-refractivity contribution in [3.8, 4) is 28.3 Å². The lowest BCUT2D eigenvalue weighted by atomic mass is 10.00. The molecule has 1 aliphatic heterocycles. The van der Waals surface area contributed by atoms with Crippen LogP contribution >= 0.6 is 0 Å². The number of methoxy groups -OCH3 is 1. The molecule has 34 heavy (non-hydrogen) atoms. The van der Waals surface area contributed by atoms with Gasteiger partial charge >= 0.3 is 0 Å². The fourth-order valence-electron chi connectivity index (χ4n) is 4.39. The molecule has 0 atom stereocenters. The Morgan fingerprint density at radius 2 is 1.74 bits per heavy atom. The van der Waals surface area contributed by atoms with Crippen molar-refractivity contribution in [2.75, 3.05) is 39.8 Å². The number of carbonyl (C=O) groups excluding carboxylic acids is 1. The molecule has 0 unspecified atom stereocenters. The minimum atomic E-state index is 0.0703. The quantitative estimate of drug-likeness (QED) is 0.452. The summed E-state index contributed by atoms with van der Waals surface area (Å²) in [6.07, 6.45) is 3.37. The lowest BCUT2D eigenvalue weighted by molar-refractivity contribution is 0.0643. The maximum absolute atomic E-state index is 13.2. The van der Waals surface area contributed by atoms with Crippen LogP contribution in [0.25, 0.3) is 33.3 Å². The number of amides is 1. The van der Waals surface area contributed by atoms with Gasteiger partial charge < -0.3 is 14.5 Å². The summed E-state index contributed by atoms with van der Waals surface area (Å²) in [5, 5.41) is 0.928. The van der Waals surface area contributed by atoms with Crippen LogP contribution < -0.4 is 4.74 Å². The van der Waals surface area contributed by atoms with Crippen LogP contribution in [-0.2, 0) is 0 Å². The van der Waals surface area contributed by atoms with Gasteiger partial charge in [0.05, 0.1) is 18.3 Å². The van der Waals surface area contributed by atoms with Gasteiger partial charge in [0.25, 0.3) is 5.91 Å². The molecule has 1 amide bonds. The highest BCUT2D eigenvalue weighted by atomic mass is 16.5. The van der Waals surface area contributed by atoms with E-state index in [1.54, 1.807) is 19.6 Å². The number of rotatable bonds is 5. The van der Waals surface area contributed by atoms with Crippen LogP contribution in [0.3, 0.4) is 0 Å². The van der Waals surface area contributed by atoms with E-state index < -0.39 is 0 Å². The molecule has 0 saturated carbocycles. The second kappa shape index (κ2) is 9.57. The van der Waals surface area contributed by atoms with E-state index in [-0.39, 0.29) is 5.91 Å². The zero-order valence-electron chi connectivity index (χ0n) is 19.4. The Morgan fingerprint density at radius 3 is 2.47 bits per heavy atom. The van der Waals surface area contributed by atoms with E-state index in [9.17, 15) is 4.79 Å². The molecule has 2 aromatic heterocycles. The maximum Gasteiger partial charge on any atom is 0.253 e. The summed E-state index contributed by atoms with van der Waals surface area (Å²) in [6, 6.07) is 17.7. The second-order valence-corrected chi connectivity index (χ2v) is 8.35. The Kier molecular flexibility index (Phi) is 6.18. The average Bonchev–Trinajstić information content (AvgIpc) is 2.92. The number of aromatic nitrogens is 3. The highest BCUT2D eigenvalue weighted by Gasteiger charge is 2.22. The van der Waals surface area contributed by atoms with Gasteiger partial charge in [0.15, 0.2) is 0 Å². The molecule has 3 heterocycles. The highest BCUT2D eigenvalue weighted by molar-refractivity contribution is 5.98. The topological polar surface area (TPSA) is 71.5 Å². The predicted molar refractivity (Wildman–Crippen MR) is 133 cm³/mol. The third-order valence-electron chi connectivity index (χ3n) is 6.40. The molecule has 172 valence electrons. The van der Waals surface area contributed by atoms with Gasteiger partial charge in [0.1, 0.15) is 6.33 Å². The van der Waals surface area contributed by atoms with Gasteiger partial charge in [0, 0.05) is 60.5 Å². The maximum atomic E-state index is 13.2. The monoisotopic (exact) mass is 453 g/mol. The zero-order valence-corrected chi connectivity index (χ0v) is 19.4. The fraction of sp³-hybridized carbons (Fsp3) is 0.259. The van der Waals surface area contributed by atoms with Gasteiger partial charge in [-0.15, -0.1) is 0 Å². The van der Waals surface area contributed by atoms with Crippen molar-refractivity contribution in [2.45, 2.75) is 6.92 Å². The van der Waals surface area contributed by atoms with Gasteiger partial charge in [-0.3, -0.25) is 4.79 Å². The van der Waals surface area contributed by atoms with Crippen molar-refractivity contribution in [1.82, 2.24) is 24.8 Å². The minimum absolute atomic E-state index is 0.0703. The van der Waals surface area contributed by atoms with Gasteiger partial charge in [-0.25, -0.2) is 15.0 Å². The van der Waals surface area contributed by atoms with Crippen molar-refractivity contribution >= 4 is 16.8 Å². The first-order chi connectivity index (χ1) is 16.7. The molecule has 0 radical (unpaired) electrons. The molecule has 5 rings (SSSR count). The molecule has 1 fully saturated rings. The van der Waals surface area contributed by atoms with E-state index >= 15 is 0 Å². The van der Waals surface area contributed by atoms with Crippen molar-refractivity contribution in [2.24, 2.45) is 0 Å². The van der Waals surface area contributed by atoms with Crippen molar-refractivity contribution < 1.29 is 9.53 Å². The van der Waals surface area contributed by atoms with E-state index in [2.05, 4.69) is 32.8 Å². The highest BCUT2D eigenvalue weighted by Crippen LogP contribution is 2.30. The van der Waals surface area contributed by atoms with E-state index in [1.165, 1.54) is 0 Å². The number of fused-ring (bicyclic) bond motifs is 1. The van der Waals surface area contributed by atoms with E-state index in [0.717, 1.165) is 66.0 Å². The molecule has 0 spiro atoms. The first-order valence-corrected chi connectivity index (χ1v) is 11.5. The average molecular weight is 454 g/mol. The van der Waals surface area contributed by atoms with Crippen LogP contribution in [0.4, 0.5) is 0 Å². The molecular formula is C27H27N5O2. The number of piperazine rings is 1. The standard InChI is InChI=1S/C27H27N5O2/c1-3-31-11-13-32(14-12-31)27(33)21-6-4-5-20(15-21)26-23-16-19(7-9-24(23)29-18-30-26)22-8-10-25(34-2)28-17-22/h4-10,15-18H,3,11-14H2,1-2H3. The summed E-state index contributed by atoms with van der Waals surface area (Å²) < 4.78 is 5.17. The lowest BCUT2D eigenvalue weighted by Gasteiger charge is -2.34. The molecule has 7 heteroatoms. The van der Waals surface area contributed by atoms with Crippen molar-refractivity contribution in [3.63, 3.8) is 0 Å². The van der Waals surface area contributed by atoms with Crippen molar-refractivity contribution in [3.05, 3.63) is 72.7 Å². The molecule has 2 aromatic carbocycles. The van der Waals surface area contributed by atoms with E-state index in [0.29, 0.717) is 11.4 Å². The van der Waals surface area contributed by atoms with Crippen LogP contribution in [0.5, 0.6) is 5.88 Å². The van der Waals surface area contributed by atoms with Crippen LogP contribution in [0.1, 0.15) is 17.3 Å². The third kappa shape index (κ3) is 4.34. The molecule has 0 N–H and O–H groups in total. The van der Waals surface area contributed by atoms with Gasteiger partial charge in [-0.1, -0.05) is 25.1 Å². The Labute approximate surface area is 199 Å². The number of hydrogen-bond donors (Lipinski definition) is 0. The SMILES string of the molecule is CCN1CCN(C(=O)c2cccc(-c3ncnc4ccc(-c5ccc(OC)nc5)cc34)c2)CC1. The van der Waals surface area contributed by atoms with Crippen LogP contribution in [0.2, 0.25) is 0 Å². The van der Waals surface area contributed by atoms with Crippen LogP contribution in [-0.4, -0.2) is 70.5 Å². The van der Waals surface area contributed by atoms with Crippen LogP contribution in [0.15, 0.2) is 67.1 Å². The lowest BCUT2D eigenvalue weighted by Crippen LogP contribution is -2.48. The van der Waals surface area contributed by atoms with Gasteiger partial charge in [-0.2, -0.15) is 0 Å². The number of benzene rings is 2. The number of ether oxygens (including phenoxy) is 1. The number of hydrogen-bond acceptors (Lipinski definition) is 6. The fourth-order valence-corrected chi connectivity index (χ4v) is 4.39. The zero-order chi connectivity index (χ0) is 23.5. The predicted octanol–water partition coefficient (Wildman–Crippen LogP) is 4.15. The van der Waals surface area contributed by atoms with E-state index in [1.807, 2.05) is 53.4 Å². The first kappa shape index (κ1) is 22.0. The Morgan fingerprint density at radius 1 is 0.912 bits per heavy atom. The second-order valence-electron chi connectivity index (χ2n) is 8.35. The summed E-state index contributed by atoms with van der Waals surface area (Å²) in [5.41, 5.74) is 5.23. The molecular weight excluding hydrogens is 426 g/mol. The number of likely N-dealkylation sites (N-methyl/N-ethyl adjacent to an activating group) is 1. The normalized spacial score (nSPS) is 14.4. The summed E-state index contributed by atoms with van der Waals surface area (Å²) in [7, 11) is 1.60. The molecule has 7 nitrogen and oxygen atoms in total. The summed E-state index contributed by atoms with van der Waals surface area (Å²) in [6.45, 7) is 6.53. The summed E-state index contributed by atoms with van der Waals surface area (Å²) in [5.74, 6) is 0.645. The summed E-state index contributed by atoms with van der Waals surface area (Å²) in [4.78, 5) is 30.9. The third-order valence-corrected chi connectivity index (χ3v) is 6.40. The molecule has 0 bridgehead atoms. The van der Waals surface area contributed by atoms with Crippen LogP contribution in [0, 0.1) is 0 Å². The number of nitrogens with zero attached hydrogens (tertiary/aromatic N) is 5. The van der Waals surface area contributed by atoms with Gasteiger partial charge in [0.2, 0.25) is 5.88 Å². The molecule has 4 aromatic rings. The smallest absolute Gasteiger partial charge is 0.253 e. The Balaban J connectivity index is 1.48. The number of carbonyl (C=O) groups is 1. The minimum Gasteiger partial charge on any atom is -0.481 e. The molecule has 1 aliphatic rings. The molecule has 1 saturated heterocycles. The van der Waals surface area contributed by atoms with Crippen molar-refractivity contribution in [1.29, 1.82) is 0 Å². The first-order valence-electron chi connectivity index (χ1n) is 11.5. The summed E-state index contributed by atoms with van der Waals surface area (Å²) >= 11 is 0.